The molecule has 41 heavy (non-hydrogen) atoms. The topological polar surface area (TPSA) is 137 Å². The Morgan fingerprint density at radius 2 is 2.00 bits per heavy atom. The Morgan fingerprint density at radius 3 is 2.73 bits per heavy atom. The SMILES string of the molecule is Cc1cc(C)n2c1C=C1C=CC(CCCn3cc(CCNC(=O)/C=C\NC(=O)C(O)C(C)(C)CO)nn3)=[N+]1[B-]2(F)F. The van der Waals surface area contributed by atoms with Gasteiger partial charge in [-0.2, -0.15) is 0 Å². The number of hydrogen-bond acceptors (Lipinski definition) is 6. The second-order valence-electron chi connectivity index (χ2n) is 11.1. The summed E-state index contributed by atoms with van der Waals surface area (Å²) < 4.78 is 35.1. The van der Waals surface area contributed by atoms with Crippen molar-refractivity contribution in [1.82, 2.24) is 30.1 Å². The van der Waals surface area contributed by atoms with Crippen LogP contribution in [0.3, 0.4) is 0 Å². The van der Waals surface area contributed by atoms with Crippen molar-refractivity contribution in [2.75, 3.05) is 13.2 Å². The highest BCUT2D eigenvalue weighted by atomic mass is 19.2. The fourth-order valence-corrected chi connectivity index (χ4v) is 4.97. The summed E-state index contributed by atoms with van der Waals surface area (Å²) in [6.07, 6.45) is 9.33. The van der Waals surface area contributed by atoms with Crippen LogP contribution in [0.15, 0.2) is 42.4 Å². The second kappa shape index (κ2) is 11.9. The molecule has 4 heterocycles. The number of halogens is 2. The average Bonchev–Trinajstić information content (AvgIpc) is 3.62. The molecule has 14 heteroatoms. The first-order valence-corrected chi connectivity index (χ1v) is 13.5. The van der Waals surface area contributed by atoms with Crippen molar-refractivity contribution >= 4 is 30.6 Å². The minimum absolute atomic E-state index is 0.278. The van der Waals surface area contributed by atoms with Crippen molar-refractivity contribution in [3.05, 3.63) is 65.0 Å². The number of carbonyl (C=O) groups excluding carboxylic acids is 2. The van der Waals surface area contributed by atoms with Gasteiger partial charge in [-0.05, 0) is 37.6 Å². The molecule has 2 aliphatic heterocycles. The van der Waals surface area contributed by atoms with Gasteiger partial charge in [0.2, 0.25) is 5.91 Å². The van der Waals surface area contributed by atoms with E-state index in [2.05, 4.69) is 20.9 Å². The molecule has 0 saturated carbocycles. The van der Waals surface area contributed by atoms with Crippen LogP contribution in [0.25, 0.3) is 6.08 Å². The van der Waals surface area contributed by atoms with Gasteiger partial charge < -0.3 is 38.4 Å². The number of amides is 2. The fraction of sp³-hybridized carbons (Fsp3) is 0.444. The highest BCUT2D eigenvalue weighted by Gasteiger charge is 2.52. The molecule has 1 atom stereocenters. The van der Waals surface area contributed by atoms with Crippen molar-refractivity contribution in [3.63, 3.8) is 0 Å². The molecule has 1 unspecified atom stereocenters. The van der Waals surface area contributed by atoms with Crippen molar-refractivity contribution in [2.24, 2.45) is 5.41 Å². The van der Waals surface area contributed by atoms with E-state index in [1.54, 1.807) is 49.9 Å². The third-order valence-corrected chi connectivity index (χ3v) is 7.35. The van der Waals surface area contributed by atoms with Gasteiger partial charge in [0.05, 0.1) is 12.3 Å². The molecule has 0 fully saturated rings. The summed E-state index contributed by atoms with van der Waals surface area (Å²) in [4.78, 5) is 23.9. The van der Waals surface area contributed by atoms with Crippen LogP contribution in [0.5, 0.6) is 0 Å². The van der Waals surface area contributed by atoms with Crippen molar-refractivity contribution < 1.29 is 32.9 Å². The van der Waals surface area contributed by atoms with E-state index in [9.17, 15) is 19.8 Å². The average molecular weight is 571 g/mol. The summed E-state index contributed by atoms with van der Waals surface area (Å²) in [6.45, 7) is 3.05. The Morgan fingerprint density at radius 1 is 1.24 bits per heavy atom. The summed E-state index contributed by atoms with van der Waals surface area (Å²) in [6, 6.07) is 1.78. The third-order valence-electron chi connectivity index (χ3n) is 7.35. The van der Waals surface area contributed by atoms with Gasteiger partial charge in [0.15, 0.2) is 5.70 Å². The van der Waals surface area contributed by atoms with E-state index in [1.165, 1.54) is 0 Å². The lowest BCUT2D eigenvalue weighted by Gasteiger charge is -2.30. The lowest BCUT2D eigenvalue weighted by Crippen LogP contribution is -2.50. The van der Waals surface area contributed by atoms with E-state index in [0.29, 0.717) is 54.3 Å². The van der Waals surface area contributed by atoms with Gasteiger partial charge in [0, 0.05) is 73.7 Å². The number of aliphatic hydroxyl groups excluding tert-OH is 2. The van der Waals surface area contributed by atoms with Gasteiger partial charge in [-0.25, -0.2) is 0 Å². The van der Waals surface area contributed by atoms with Crippen LogP contribution in [-0.4, -0.2) is 77.9 Å². The Hall–Kier alpha value is -3.91. The maximum absolute atomic E-state index is 15.5. The van der Waals surface area contributed by atoms with Crippen LogP contribution >= 0.6 is 0 Å². The van der Waals surface area contributed by atoms with E-state index in [1.807, 2.05) is 13.0 Å². The first-order valence-electron chi connectivity index (χ1n) is 13.5. The van der Waals surface area contributed by atoms with Crippen LogP contribution in [0, 0.1) is 19.3 Å². The minimum Gasteiger partial charge on any atom is -0.396 e. The number of fused-ring (bicyclic) bond motifs is 2. The van der Waals surface area contributed by atoms with Gasteiger partial charge >= 0.3 is 6.97 Å². The van der Waals surface area contributed by atoms with Crippen molar-refractivity contribution in [3.8, 4) is 0 Å². The van der Waals surface area contributed by atoms with E-state index in [4.69, 9.17) is 0 Å². The molecule has 0 aromatic carbocycles. The van der Waals surface area contributed by atoms with E-state index < -0.39 is 30.3 Å². The number of allylic oxidation sites excluding steroid dienone is 2. The summed E-state index contributed by atoms with van der Waals surface area (Å²) in [5.74, 6) is -1.17. The van der Waals surface area contributed by atoms with Crippen molar-refractivity contribution in [2.45, 2.75) is 59.6 Å². The standard InChI is InChI=1S/C27H36BF2N7O4/c1-18-14-19(2)36-23(18)15-22-8-7-21(37(22)28(36,29)30)6-5-13-35-16-20(33-34-35)9-11-31-24(39)10-12-32-26(41)25(40)27(3,4)17-38/h7-8,10,12,14-16,25,38,40H,5-6,9,11,13,17H2,1-4H3,(H,31,39)(H,32,41)/b12-10-. The third kappa shape index (κ3) is 6.38. The second-order valence-corrected chi connectivity index (χ2v) is 11.1. The molecule has 2 aromatic heterocycles. The van der Waals surface area contributed by atoms with Crippen LogP contribution in [0.2, 0.25) is 0 Å². The number of rotatable bonds is 12. The molecule has 2 amide bonds. The summed E-state index contributed by atoms with van der Waals surface area (Å²) in [7, 11) is 0. The van der Waals surface area contributed by atoms with Crippen molar-refractivity contribution in [1.29, 1.82) is 0 Å². The first kappa shape index (κ1) is 30.1. The quantitative estimate of drug-likeness (QED) is 0.225. The lowest BCUT2D eigenvalue weighted by molar-refractivity contribution is -0.362. The number of nitrogens with one attached hydrogen (secondary N) is 2. The Bertz CT molecular complexity index is 1460. The maximum atomic E-state index is 15.5. The van der Waals surface area contributed by atoms with Crippen LogP contribution < -0.4 is 10.6 Å². The van der Waals surface area contributed by atoms with Gasteiger partial charge in [0.1, 0.15) is 11.8 Å². The monoisotopic (exact) mass is 571 g/mol. The highest BCUT2D eigenvalue weighted by Crippen LogP contribution is 2.34. The number of carbonyl (C=O) groups is 2. The summed E-state index contributed by atoms with van der Waals surface area (Å²) in [5.41, 5.74) is 2.64. The van der Waals surface area contributed by atoms with Gasteiger partial charge in [0.25, 0.3) is 5.91 Å². The largest absolute Gasteiger partial charge is 0.737 e. The normalized spacial score (nSPS) is 16.5. The van der Waals surface area contributed by atoms with E-state index >= 15 is 8.63 Å². The van der Waals surface area contributed by atoms with Crippen LogP contribution in [0.1, 0.15) is 49.3 Å². The molecule has 4 rings (SSSR count). The number of aryl methyl sites for hydroxylation is 3. The molecular weight excluding hydrogens is 535 g/mol. The minimum atomic E-state index is -3.98. The smallest absolute Gasteiger partial charge is 0.396 e. The molecule has 0 saturated heterocycles. The molecule has 0 aliphatic carbocycles. The zero-order chi connectivity index (χ0) is 29.9. The first-order chi connectivity index (χ1) is 19.3. The number of nitrogens with zero attached hydrogens (tertiary/aromatic N) is 5. The zero-order valence-electron chi connectivity index (χ0n) is 23.6. The van der Waals surface area contributed by atoms with Gasteiger partial charge in [-0.3, -0.25) is 14.3 Å². The number of aromatic nitrogens is 4. The molecule has 220 valence electrons. The molecule has 0 radical (unpaired) electrons. The molecule has 11 nitrogen and oxygen atoms in total. The van der Waals surface area contributed by atoms with E-state index in [0.717, 1.165) is 26.8 Å². The summed E-state index contributed by atoms with van der Waals surface area (Å²) >= 11 is 0. The Balaban J connectivity index is 1.23. The predicted octanol–water partition coefficient (Wildman–Crippen LogP) is 1.45. The molecule has 2 aromatic rings. The van der Waals surface area contributed by atoms with Crippen LogP contribution in [0.4, 0.5) is 8.63 Å². The zero-order valence-corrected chi connectivity index (χ0v) is 23.6. The molecule has 4 N–H and O–H groups in total. The number of aliphatic hydroxyl groups is 2. The molecule has 0 spiro atoms. The fourth-order valence-electron chi connectivity index (χ4n) is 4.97. The van der Waals surface area contributed by atoms with E-state index in [-0.39, 0.29) is 13.2 Å². The highest BCUT2D eigenvalue weighted by molar-refractivity contribution is 6.58. The Kier molecular flexibility index (Phi) is 8.73. The molecule has 0 bridgehead atoms. The summed E-state index contributed by atoms with van der Waals surface area (Å²) in [5, 5.41) is 32.3. The van der Waals surface area contributed by atoms with Gasteiger partial charge in [-0.1, -0.05) is 19.1 Å². The van der Waals surface area contributed by atoms with Gasteiger partial charge in [-0.15, -0.1) is 5.10 Å². The maximum Gasteiger partial charge on any atom is 0.737 e. The number of hydrogen-bond donors (Lipinski definition) is 4. The predicted molar refractivity (Wildman–Crippen MR) is 150 cm³/mol. The lowest BCUT2D eigenvalue weighted by atomic mass is 9.87. The Labute approximate surface area is 237 Å². The molecule has 2 aliphatic rings. The molecular formula is C27H36BF2N7O4. The van der Waals surface area contributed by atoms with Crippen LogP contribution in [-0.2, 0) is 22.6 Å².